The third-order valence-electron chi connectivity index (χ3n) is 6.41. The van der Waals surface area contributed by atoms with E-state index >= 15 is 0 Å². The molecule has 0 unspecified atom stereocenters. The summed E-state index contributed by atoms with van der Waals surface area (Å²) < 4.78 is 29.1. The van der Waals surface area contributed by atoms with E-state index in [9.17, 15) is 13.2 Å². The number of rotatable bonds is 4. The average Bonchev–Trinajstić information content (AvgIpc) is 3.48. The van der Waals surface area contributed by atoms with Crippen LogP contribution in [0, 0.1) is 0 Å². The molecule has 2 aromatic heterocycles. The van der Waals surface area contributed by atoms with Gasteiger partial charge in [-0.15, -0.1) is 0 Å². The van der Waals surface area contributed by atoms with Crippen molar-refractivity contribution in [3.63, 3.8) is 0 Å². The molecule has 1 fully saturated rings. The van der Waals surface area contributed by atoms with E-state index in [-0.39, 0.29) is 17.1 Å². The standard InChI is InChI=1S/C24H26N4O4S/c25-33(30,31)20-7-3-4-17(12-20)18-13-21-22(15-27-23(21)26-14-18)16-8-10-28(11-9-16)24(29)32-19-5-1-2-6-19/h3-4,7-8,12-15,19H,1-2,5-6,9-11H2,(H,26,27)(H2,25,30,31). The van der Waals surface area contributed by atoms with Crippen LogP contribution in [0.15, 0.2) is 53.7 Å². The first kappa shape index (κ1) is 21.7. The number of sulfonamides is 1. The Labute approximate surface area is 192 Å². The van der Waals surface area contributed by atoms with Gasteiger partial charge in [-0.1, -0.05) is 18.2 Å². The number of nitrogens with two attached hydrogens (primary N) is 1. The number of nitrogens with one attached hydrogen (secondary N) is 1. The summed E-state index contributed by atoms with van der Waals surface area (Å²) in [6.45, 7) is 1.12. The van der Waals surface area contributed by atoms with Gasteiger partial charge in [0, 0.05) is 42.0 Å². The van der Waals surface area contributed by atoms with Crippen LogP contribution in [0.25, 0.3) is 27.7 Å². The Morgan fingerprint density at radius 2 is 2.00 bits per heavy atom. The monoisotopic (exact) mass is 466 g/mol. The van der Waals surface area contributed by atoms with Gasteiger partial charge < -0.3 is 14.6 Å². The lowest BCUT2D eigenvalue weighted by Gasteiger charge is -2.27. The minimum atomic E-state index is -3.79. The van der Waals surface area contributed by atoms with E-state index in [0.717, 1.165) is 65.4 Å². The van der Waals surface area contributed by atoms with Gasteiger partial charge >= 0.3 is 6.09 Å². The van der Waals surface area contributed by atoms with E-state index in [0.29, 0.717) is 13.1 Å². The van der Waals surface area contributed by atoms with Gasteiger partial charge in [0.15, 0.2) is 0 Å². The quantitative estimate of drug-likeness (QED) is 0.601. The highest BCUT2D eigenvalue weighted by Gasteiger charge is 2.25. The summed E-state index contributed by atoms with van der Waals surface area (Å²) in [5.74, 6) is 0. The van der Waals surface area contributed by atoms with Gasteiger partial charge in [-0.05, 0) is 61.4 Å². The molecule has 172 valence electrons. The topological polar surface area (TPSA) is 118 Å². The fourth-order valence-electron chi connectivity index (χ4n) is 4.58. The number of hydrogen-bond donors (Lipinski definition) is 2. The molecule has 0 atom stereocenters. The van der Waals surface area contributed by atoms with Crippen molar-refractivity contribution in [3.05, 3.63) is 54.4 Å². The molecule has 3 heterocycles. The normalized spacial score (nSPS) is 17.4. The molecule has 0 radical (unpaired) electrons. The molecular weight excluding hydrogens is 440 g/mol. The zero-order valence-corrected chi connectivity index (χ0v) is 19.0. The number of amides is 1. The summed E-state index contributed by atoms with van der Waals surface area (Å²) in [4.78, 5) is 22.0. The average molecular weight is 467 g/mol. The summed E-state index contributed by atoms with van der Waals surface area (Å²) in [6.07, 6.45) is 10.5. The molecule has 0 spiro atoms. The molecule has 3 aromatic rings. The molecular formula is C24H26N4O4S. The number of hydrogen-bond acceptors (Lipinski definition) is 5. The van der Waals surface area contributed by atoms with Crippen molar-refractivity contribution in [1.82, 2.24) is 14.9 Å². The minimum Gasteiger partial charge on any atom is -0.446 e. The molecule has 1 aliphatic heterocycles. The summed E-state index contributed by atoms with van der Waals surface area (Å²) in [5, 5.41) is 6.23. The van der Waals surface area contributed by atoms with Gasteiger partial charge in [-0.25, -0.2) is 23.3 Å². The smallest absolute Gasteiger partial charge is 0.410 e. The summed E-state index contributed by atoms with van der Waals surface area (Å²) in [7, 11) is -3.79. The number of nitrogens with zero attached hydrogens (tertiary/aromatic N) is 2. The second-order valence-corrected chi connectivity index (χ2v) is 10.2. The fraction of sp³-hybridized carbons (Fsp3) is 0.333. The number of fused-ring (bicyclic) bond motifs is 1. The summed E-state index contributed by atoms with van der Waals surface area (Å²) in [6, 6.07) is 8.52. The zero-order valence-electron chi connectivity index (χ0n) is 18.2. The Morgan fingerprint density at radius 3 is 2.73 bits per heavy atom. The molecule has 1 aliphatic carbocycles. The van der Waals surface area contributed by atoms with Gasteiger partial charge in [0.05, 0.1) is 4.90 Å². The van der Waals surface area contributed by atoms with Crippen LogP contribution in [-0.4, -0.2) is 48.6 Å². The number of primary sulfonamides is 1. The summed E-state index contributed by atoms with van der Waals surface area (Å²) in [5.41, 5.74) is 4.45. The number of benzene rings is 1. The van der Waals surface area contributed by atoms with E-state index in [2.05, 4.69) is 16.0 Å². The van der Waals surface area contributed by atoms with E-state index in [1.54, 1.807) is 23.2 Å². The molecule has 8 nitrogen and oxygen atoms in total. The summed E-state index contributed by atoms with van der Waals surface area (Å²) >= 11 is 0. The number of ether oxygens (including phenoxy) is 1. The second kappa shape index (κ2) is 8.64. The maximum absolute atomic E-state index is 12.5. The molecule has 5 rings (SSSR count). The Hall–Kier alpha value is -3.17. The molecule has 1 aromatic carbocycles. The SMILES string of the molecule is NS(=O)(=O)c1cccc(-c2cnc3[nH]cc(C4=CCN(C(=O)OC5CCCC5)CC4)c3c2)c1. The lowest BCUT2D eigenvalue weighted by Crippen LogP contribution is -2.36. The Morgan fingerprint density at radius 1 is 1.18 bits per heavy atom. The number of pyridine rings is 1. The minimum absolute atomic E-state index is 0.0637. The second-order valence-electron chi connectivity index (χ2n) is 8.61. The van der Waals surface area contributed by atoms with Crippen molar-refractivity contribution < 1.29 is 17.9 Å². The van der Waals surface area contributed by atoms with Crippen molar-refractivity contribution in [1.29, 1.82) is 0 Å². The van der Waals surface area contributed by atoms with E-state index in [1.165, 1.54) is 6.07 Å². The lowest BCUT2D eigenvalue weighted by atomic mass is 9.98. The molecule has 9 heteroatoms. The van der Waals surface area contributed by atoms with Crippen LogP contribution in [0.1, 0.15) is 37.7 Å². The van der Waals surface area contributed by atoms with Crippen LogP contribution in [0.5, 0.6) is 0 Å². The first-order chi connectivity index (χ1) is 15.9. The van der Waals surface area contributed by atoms with E-state index in [4.69, 9.17) is 9.88 Å². The van der Waals surface area contributed by atoms with Gasteiger partial charge in [0.1, 0.15) is 11.8 Å². The van der Waals surface area contributed by atoms with Crippen molar-refractivity contribution in [2.75, 3.05) is 13.1 Å². The van der Waals surface area contributed by atoms with Crippen LogP contribution >= 0.6 is 0 Å². The Balaban J connectivity index is 1.38. The number of aromatic amines is 1. The van der Waals surface area contributed by atoms with Gasteiger partial charge in [-0.2, -0.15) is 0 Å². The Bertz CT molecular complexity index is 1340. The molecule has 1 saturated carbocycles. The molecule has 0 saturated heterocycles. The first-order valence-electron chi connectivity index (χ1n) is 11.1. The van der Waals surface area contributed by atoms with Crippen molar-refractivity contribution >= 4 is 32.7 Å². The fourth-order valence-corrected chi connectivity index (χ4v) is 5.14. The highest BCUT2D eigenvalue weighted by Crippen LogP contribution is 2.32. The highest BCUT2D eigenvalue weighted by molar-refractivity contribution is 7.89. The predicted octanol–water partition coefficient (Wildman–Crippen LogP) is 4.05. The molecule has 0 bridgehead atoms. The maximum Gasteiger partial charge on any atom is 0.410 e. The first-order valence-corrected chi connectivity index (χ1v) is 12.7. The van der Waals surface area contributed by atoms with Crippen LogP contribution in [0.3, 0.4) is 0 Å². The van der Waals surface area contributed by atoms with Crippen LogP contribution in [-0.2, 0) is 14.8 Å². The van der Waals surface area contributed by atoms with E-state index < -0.39 is 10.0 Å². The van der Waals surface area contributed by atoms with Crippen LogP contribution in [0.4, 0.5) is 4.79 Å². The van der Waals surface area contributed by atoms with Gasteiger partial charge in [-0.3, -0.25) is 0 Å². The van der Waals surface area contributed by atoms with Gasteiger partial charge in [0.2, 0.25) is 10.0 Å². The van der Waals surface area contributed by atoms with Crippen LogP contribution < -0.4 is 5.14 Å². The third-order valence-corrected chi connectivity index (χ3v) is 7.32. The van der Waals surface area contributed by atoms with Crippen LogP contribution in [0.2, 0.25) is 0 Å². The molecule has 3 N–H and O–H groups in total. The molecule has 33 heavy (non-hydrogen) atoms. The predicted molar refractivity (Wildman–Crippen MR) is 126 cm³/mol. The lowest BCUT2D eigenvalue weighted by molar-refractivity contribution is 0.0682. The number of carbonyl (C=O) groups is 1. The largest absolute Gasteiger partial charge is 0.446 e. The Kier molecular flexibility index (Phi) is 5.67. The zero-order chi connectivity index (χ0) is 23.0. The van der Waals surface area contributed by atoms with Crippen molar-refractivity contribution in [3.8, 4) is 11.1 Å². The molecule has 1 amide bonds. The maximum atomic E-state index is 12.5. The third kappa shape index (κ3) is 4.51. The number of aromatic nitrogens is 2. The van der Waals surface area contributed by atoms with Gasteiger partial charge in [0.25, 0.3) is 0 Å². The number of H-pyrrole nitrogens is 1. The van der Waals surface area contributed by atoms with Crippen molar-refractivity contribution in [2.45, 2.75) is 43.1 Å². The highest BCUT2D eigenvalue weighted by atomic mass is 32.2. The molecule has 2 aliphatic rings. The number of carbonyl (C=O) groups excluding carboxylic acids is 1. The van der Waals surface area contributed by atoms with Crippen molar-refractivity contribution in [2.24, 2.45) is 5.14 Å². The van der Waals surface area contributed by atoms with E-state index in [1.807, 2.05) is 18.3 Å².